The minimum absolute atomic E-state index is 0.722. The lowest BCUT2D eigenvalue weighted by Crippen LogP contribution is -2.30. The SMILES string of the molecule is CCC(CC)NCCCCN(C)CCCCNC(CC)CC. The zero-order valence-corrected chi connectivity index (χ0v) is 16.1. The molecule has 0 atom stereocenters. The van der Waals surface area contributed by atoms with Crippen molar-refractivity contribution in [2.24, 2.45) is 0 Å². The second-order valence-electron chi connectivity index (χ2n) is 6.65. The molecule has 0 radical (unpaired) electrons. The van der Waals surface area contributed by atoms with E-state index in [0.29, 0.717) is 0 Å². The van der Waals surface area contributed by atoms with Crippen LogP contribution >= 0.6 is 0 Å². The Morgan fingerprint density at radius 2 is 1.00 bits per heavy atom. The van der Waals surface area contributed by atoms with Crippen LogP contribution in [0.3, 0.4) is 0 Å². The maximum absolute atomic E-state index is 3.65. The summed E-state index contributed by atoms with van der Waals surface area (Å²) >= 11 is 0. The lowest BCUT2D eigenvalue weighted by molar-refractivity contribution is 0.313. The molecule has 0 aromatic rings. The van der Waals surface area contributed by atoms with Crippen LogP contribution in [0.25, 0.3) is 0 Å². The Balaban J connectivity index is 3.37. The fourth-order valence-corrected chi connectivity index (χ4v) is 2.89. The molecule has 0 fully saturated rings. The highest BCUT2D eigenvalue weighted by Gasteiger charge is 2.03. The van der Waals surface area contributed by atoms with Crippen LogP contribution in [-0.2, 0) is 0 Å². The smallest absolute Gasteiger partial charge is 0.00618 e. The van der Waals surface area contributed by atoms with Crippen LogP contribution in [-0.4, -0.2) is 50.2 Å². The number of hydrogen-bond donors (Lipinski definition) is 2. The summed E-state index contributed by atoms with van der Waals surface area (Å²) in [6.45, 7) is 13.9. The quantitative estimate of drug-likeness (QED) is 0.421. The molecule has 0 spiro atoms. The summed E-state index contributed by atoms with van der Waals surface area (Å²) in [4.78, 5) is 2.49. The molecule has 0 bridgehead atoms. The second kappa shape index (κ2) is 15.8. The lowest BCUT2D eigenvalue weighted by atomic mass is 10.1. The number of nitrogens with one attached hydrogen (secondary N) is 2. The first-order chi connectivity index (χ1) is 10.7. The van der Waals surface area contributed by atoms with Crippen molar-refractivity contribution in [3.8, 4) is 0 Å². The summed E-state index contributed by atoms with van der Waals surface area (Å²) in [5, 5.41) is 7.30. The fourth-order valence-electron chi connectivity index (χ4n) is 2.89. The Hall–Kier alpha value is -0.120. The number of rotatable bonds is 16. The molecule has 0 saturated carbocycles. The lowest BCUT2D eigenvalue weighted by Gasteiger charge is -2.18. The first-order valence-electron chi connectivity index (χ1n) is 9.83. The topological polar surface area (TPSA) is 27.3 Å². The van der Waals surface area contributed by atoms with Gasteiger partial charge in [0.05, 0.1) is 0 Å². The van der Waals surface area contributed by atoms with Gasteiger partial charge in [-0.3, -0.25) is 0 Å². The van der Waals surface area contributed by atoms with Crippen LogP contribution in [0.4, 0.5) is 0 Å². The van der Waals surface area contributed by atoms with E-state index < -0.39 is 0 Å². The molecule has 0 aromatic carbocycles. The van der Waals surface area contributed by atoms with E-state index >= 15 is 0 Å². The molecule has 0 rings (SSSR count). The zero-order valence-electron chi connectivity index (χ0n) is 16.1. The Morgan fingerprint density at radius 1 is 0.636 bits per heavy atom. The highest BCUT2D eigenvalue weighted by Crippen LogP contribution is 2.00. The summed E-state index contributed by atoms with van der Waals surface area (Å²) in [5.41, 5.74) is 0. The third kappa shape index (κ3) is 12.4. The van der Waals surface area contributed by atoms with Crippen molar-refractivity contribution in [2.45, 2.75) is 91.1 Å². The van der Waals surface area contributed by atoms with Crippen LogP contribution in [0.15, 0.2) is 0 Å². The van der Waals surface area contributed by atoms with E-state index in [9.17, 15) is 0 Å². The molecule has 0 unspecified atom stereocenters. The van der Waals surface area contributed by atoms with E-state index in [1.165, 1.54) is 77.5 Å². The maximum Gasteiger partial charge on any atom is 0.00618 e. The van der Waals surface area contributed by atoms with Crippen LogP contribution in [0, 0.1) is 0 Å². The molecule has 0 amide bonds. The average molecular weight is 314 g/mol. The zero-order chi connectivity index (χ0) is 16.6. The first kappa shape index (κ1) is 21.9. The van der Waals surface area contributed by atoms with Gasteiger partial charge in [0, 0.05) is 12.1 Å². The first-order valence-corrected chi connectivity index (χ1v) is 9.83. The van der Waals surface area contributed by atoms with Gasteiger partial charge in [-0.15, -0.1) is 0 Å². The molecule has 0 heterocycles. The van der Waals surface area contributed by atoms with Gasteiger partial charge in [0.1, 0.15) is 0 Å². The van der Waals surface area contributed by atoms with Crippen molar-refractivity contribution < 1.29 is 0 Å². The van der Waals surface area contributed by atoms with Crippen LogP contribution in [0.1, 0.15) is 79.1 Å². The summed E-state index contributed by atoms with van der Waals surface area (Å²) in [5.74, 6) is 0. The van der Waals surface area contributed by atoms with E-state index in [0.717, 1.165) is 12.1 Å². The summed E-state index contributed by atoms with van der Waals surface area (Å²) < 4.78 is 0. The molecule has 22 heavy (non-hydrogen) atoms. The molecule has 0 aromatic heterocycles. The summed E-state index contributed by atoms with van der Waals surface area (Å²) in [6.07, 6.45) is 10.2. The molecule has 0 aliphatic rings. The van der Waals surface area contributed by atoms with E-state index in [1.807, 2.05) is 0 Å². The van der Waals surface area contributed by atoms with E-state index in [2.05, 4.69) is 50.3 Å². The van der Waals surface area contributed by atoms with Gasteiger partial charge in [-0.1, -0.05) is 27.7 Å². The van der Waals surface area contributed by atoms with Gasteiger partial charge >= 0.3 is 0 Å². The van der Waals surface area contributed by atoms with E-state index in [4.69, 9.17) is 0 Å². The van der Waals surface area contributed by atoms with Gasteiger partial charge in [-0.05, 0) is 84.6 Å². The fraction of sp³-hybridized carbons (Fsp3) is 1.00. The Kier molecular flexibility index (Phi) is 15.7. The van der Waals surface area contributed by atoms with Crippen molar-refractivity contribution in [3.63, 3.8) is 0 Å². The van der Waals surface area contributed by atoms with Crippen molar-refractivity contribution in [2.75, 3.05) is 33.2 Å². The normalized spacial score (nSPS) is 12.0. The molecule has 0 aliphatic carbocycles. The molecule has 3 heteroatoms. The largest absolute Gasteiger partial charge is 0.314 e. The highest BCUT2D eigenvalue weighted by atomic mass is 15.1. The van der Waals surface area contributed by atoms with Gasteiger partial charge in [0.2, 0.25) is 0 Å². The van der Waals surface area contributed by atoms with E-state index in [1.54, 1.807) is 0 Å². The van der Waals surface area contributed by atoms with Crippen molar-refractivity contribution in [1.82, 2.24) is 15.5 Å². The van der Waals surface area contributed by atoms with Crippen molar-refractivity contribution >= 4 is 0 Å². The highest BCUT2D eigenvalue weighted by molar-refractivity contribution is 4.64. The number of hydrogen-bond acceptors (Lipinski definition) is 3. The molecule has 2 N–H and O–H groups in total. The van der Waals surface area contributed by atoms with Crippen molar-refractivity contribution in [3.05, 3.63) is 0 Å². The minimum Gasteiger partial charge on any atom is -0.314 e. The standard InChI is InChI=1S/C19H43N3/c1-6-18(7-2)20-14-10-12-16-22(5)17-13-11-15-21-19(8-3)9-4/h18-21H,6-17H2,1-5H3. The average Bonchev–Trinajstić information content (AvgIpc) is 2.54. The molecule has 3 nitrogen and oxygen atoms in total. The molecular weight excluding hydrogens is 270 g/mol. The third-order valence-electron chi connectivity index (χ3n) is 4.77. The van der Waals surface area contributed by atoms with Gasteiger partial charge < -0.3 is 15.5 Å². The van der Waals surface area contributed by atoms with Crippen LogP contribution in [0.2, 0.25) is 0 Å². The maximum atomic E-state index is 3.65. The van der Waals surface area contributed by atoms with Gasteiger partial charge in [0.25, 0.3) is 0 Å². The minimum atomic E-state index is 0.722. The number of unbranched alkanes of at least 4 members (excludes halogenated alkanes) is 2. The Labute approximate surface area is 140 Å². The Bertz CT molecular complexity index is 191. The van der Waals surface area contributed by atoms with Crippen LogP contribution in [0.5, 0.6) is 0 Å². The van der Waals surface area contributed by atoms with Gasteiger partial charge in [-0.2, -0.15) is 0 Å². The second-order valence-corrected chi connectivity index (χ2v) is 6.65. The van der Waals surface area contributed by atoms with Gasteiger partial charge in [0.15, 0.2) is 0 Å². The molecule has 0 saturated heterocycles. The van der Waals surface area contributed by atoms with Gasteiger partial charge in [-0.25, -0.2) is 0 Å². The van der Waals surface area contributed by atoms with Crippen molar-refractivity contribution in [1.29, 1.82) is 0 Å². The van der Waals surface area contributed by atoms with E-state index in [-0.39, 0.29) is 0 Å². The predicted octanol–water partition coefficient (Wildman–Crippen LogP) is 4.04. The molecule has 134 valence electrons. The summed E-state index contributed by atoms with van der Waals surface area (Å²) in [7, 11) is 2.27. The molecule has 0 aliphatic heterocycles. The summed E-state index contributed by atoms with van der Waals surface area (Å²) in [6, 6.07) is 1.44. The monoisotopic (exact) mass is 313 g/mol. The number of nitrogens with zero attached hydrogens (tertiary/aromatic N) is 1. The van der Waals surface area contributed by atoms with Crippen LogP contribution < -0.4 is 10.6 Å². The third-order valence-corrected chi connectivity index (χ3v) is 4.77. The molecular formula is C19H43N3. The Morgan fingerprint density at radius 3 is 1.32 bits per heavy atom. The predicted molar refractivity (Wildman–Crippen MR) is 101 cm³/mol.